The smallest absolute Gasteiger partial charge is 0.417 e. The van der Waals surface area contributed by atoms with Gasteiger partial charge in [0, 0.05) is 16.9 Å². The summed E-state index contributed by atoms with van der Waals surface area (Å²) in [6, 6.07) is 17.6. The van der Waals surface area contributed by atoms with E-state index in [0.717, 1.165) is 15.6 Å². The third-order valence-electron chi connectivity index (χ3n) is 4.38. The predicted molar refractivity (Wildman–Crippen MR) is 104 cm³/mol. The number of halogens is 1. The molecular formula is C21H22BrNO3. The SMILES string of the molecule is CC(C)(C)OC(=O)N1CC(c2ccccc2)C(c2ccc(Br)cc2)C1=O. The maximum atomic E-state index is 13.1. The summed E-state index contributed by atoms with van der Waals surface area (Å²) < 4.78 is 6.39. The van der Waals surface area contributed by atoms with Crippen LogP contribution in [0.2, 0.25) is 0 Å². The molecule has 1 fully saturated rings. The van der Waals surface area contributed by atoms with E-state index in [1.807, 2.05) is 54.6 Å². The molecule has 0 radical (unpaired) electrons. The van der Waals surface area contributed by atoms with Gasteiger partial charge in [-0.15, -0.1) is 0 Å². The average molecular weight is 416 g/mol. The Morgan fingerprint density at radius 3 is 2.23 bits per heavy atom. The van der Waals surface area contributed by atoms with Crippen LogP contribution in [-0.4, -0.2) is 29.0 Å². The molecule has 0 saturated carbocycles. The summed E-state index contributed by atoms with van der Waals surface area (Å²) in [5.74, 6) is -0.717. The van der Waals surface area contributed by atoms with Crippen molar-refractivity contribution in [3.8, 4) is 0 Å². The molecule has 0 bridgehead atoms. The van der Waals surface area contributed by atoms with Crippen molar-refractivity contribution in [2.45, 2.75) is 38.2 Å². The normalized spacial score (nSPS) is 20.3. The first-order valence-electron chi connectivity index (χ1n) is 8.61. The van der Waals surface area contributed by atoms with E-state index in [2.05, 4.69) is 15.9 Å². The van der Waals surface area contributed by atoms with E-state index in [4.69, 9.17) is 4.74 Å². The Morgan fingerprint density at radius 2 is 1.65 bits per heavy atom. The molecule has 26 heavy (non-hydrogen) atoms. The number of likely N-dealkylation sites (tertiary alicyclic amines) is 1. The summed E-state index contributed by atoms with van der Waals surface area (Å²) in [4.78, 5) is 26.9. The average Bonchev–Trinajstić information content (AvgIpc) is 2.92. The number of hydrogen-bond donors (Lipinski definition) is 0. The van der Waals surface area contributed by atoms with Gasteiger partial charge in [0.1, 0.15) is 5.60 Å². The number of benzene rings is 2. The minimum Gasteiger partial charge on any atom is -0.443 e. The van der Waals surface area contributed by atoms with E-state index in [-0.39, 0.29) is 11.8 Å². The molecular weight excluding hydrogens is 394 g/mol. The first-order chi connectivity index (χ1) is 12.3. The second-order valence-electron chi connectivity index (χ2n) is 7.48. The Labute approximate surface area is 162 Å². The van der Waals surface area contributed by atoms with Gasteiger partial charge >= 0.3 is 6.09 Å². The zero-order valence-corrected chi connectivity index (χ0v) is 16.7. The minimum absolute atomic E-state index is 0.0996. The van der Waals surface area contributed by atoms with Gasteiger partial charge in [-0.2, -0.15) is 0 Å². The van der Waals surface area contributed by atoms with Gasteiger partial charge in [0.05, 0.1) is 5.92 Å². The molecule has 2 amide bonds. The van der Waals surface area contributed by atoms with Gasteiger partial charge in [-0.3, -0.25) is 4.79 Å². The molecule has 2 unspecified atom stereocenters. The topological polar surface area (TPSA) is 46.6 Å². The molecule has 5 heteroatoms. The van der Waals surface area contributed by atoms with Gasteiger partial charge in [0.25, 0.3) is 0 Å². The maximum absolute atomic E-state index is 13.1. The summed E-state index contributed by atoms with van der Waals surface area (Å²) in [7, 11) is 0. The van der Waals surface area contributed by atoms with Crippen LogP contribution in [0.15, 0.2) is 59.1 Å². The summed E-state index contributed by atoms with van der Waals surface area (Å²) >= 11 is 3.43. The second-order valence-corrected chi connectivity index (χ2v) is 8.39. The molecule has 1 aliphatic heterocycles. The number of carbonyl (C=O) groups excluding carboxylic acids is 2. The van der Waals surface area contributed by atoms with Crippen LogP contribution in [0.5, 0.6) is 0 Å². The van der Waals surface area contributed by atoms with Gasteiger partial charge in [-0.1, -0.05) is 58.4 Å². The number of amides is 2. The van der Waals surface area contributed by atoms with Crippen LogP contribution in [0.25, 0.3) is 0 Å². The van der Waals surface area contributed by atoms with E-state index in [1.54, 1.807) is 20.8 Å². The van der Waals surface area contributed by atoms with E-state index >= 15 is 0 Å². The van der Waals surface area contributed by atoms with Gasteiger partial charge < -0.3 is 4.74 Å². The number of ether oxygens (including phenoxy) is 1. The third-order valence-corrected chi connectivity index (χ3v) is 4.91. The van der Waals surface area contributed by atoms with Crippen molar-refractivity contribution >= 4 is 27.9 Å². The molecule has 1 saturated heterocycles. The lowest BCUT2D eigenvalue weighted by Crippen LogP contribution is -2.38. The Kier molecular flexibility index (Phi) is 5.19. The van der Waals surface area contributed by atoms with Crippen molar-refractivity contribution in [3.63, 3.8) is 0 Å². The van der Waals surface area contributed by atoms with Gasteiger partial charge in [-0.25, -0.2) is 9.69 Å². The van der Waals surface area contributed by atoms with E-state index in [9.17, 15) is 9.59 Å². The summed E-state index contributed by atoms with van der Waals surface area (Å²) in [5, 5.41) is 0. The summed E-state index contributed by atoms with van der Waals surface area (Å²) in [6.07, 6.45) is -0.581. The lowest BCUT2D eigenvalue weighted by atomic mass is 9.84. The highest BCUT2D eigenvalue weighted by molar-refractivity contribution is 9.10. The zero-order chi connectivity index (χ0) is 18.9. The number of imide groups is 1. The third kappa shape index (κ3) is 3.98. The minimum atomic E-state index is -0.644. The largest absolute Gasteiger partial charge is 0.443 e. The quantitative estimate of drug-likeness (QED) is 0.685. The van der Waals surface area contributed by atoms with Gasteiger partial charge in [0.2, 0.25) is 5.91 Å². The Bertz CT molecular complexity index is 796. The molecule has 1 heterocycles. The second kappa shape index (κ2) is 7.23. The molecule has 4 nitrogen and oxygen atoms in total. The molecule has 1 aliphatic rings. The fourth-order valence-corrected chi connectivity index (χ4v) is 3.52. The predicted octanol–water partition coefficient (Wildman–Crippen LogP) is 5.09. The number of hydrogen-bond acceptors (Lipinski definition) is 3. The van der Waals surface area contributed by atoms with E-state index < -0.39 is 17.6 Å². The first kappa shape index (κ1) is 18.6. The van der Waals surface area contributed by atoms with Crippen LogP contribution in [0.1, 0.15) is 43.7 Å². The monoisotopic (exact) mass is 415 g/mol. The van der Waals surface area contributed by atoms with Crippen LogP contribution < -0.4 is 0 Å². The molecule has 0 aromatic heterocycles. The van der Waals surface area contributed by atoms with Crippen LogP contribution in [0.4, 0.5) is 4.79 Å². The molecule has 0 N–H and O–H groups in total. The standard InChI is InChI=1S/C21H22BrNO3/c1-21(2,3)26-20(25)23-13-17(14-7-5-4-6-8-14)18(19(23)24)15-9-11-16(22)12-10-15/h4-12,17-18H,13H2,1-3H3. The summed E-state index contributed by atoms with van der Waals surface area (Å²) in [5.41, 5.74) is 1.30. The first-order valence-corrected chi connectivity index (χ1v) is 9.40. The van der Waals surface area contributed by atoms with Crippen molar-refractivity contribution < 1.29 is 14.3 Å². The fourth-order valence-electron chi connectivity index (χ4n) is 3.26. The van der Waals surface area contributed by atoms with Crippen LogP contribution >= 0.6 is 15.9 Å². The Balaban J connectivity index is 1.97. The molecule has 2 atom stereocenters. The summed E-state index contributed by atoms with van der Waals surface area (Å²) in [6.45, 7) is 5.71. The highest BCUT2D eigenvalue weighted by Crippen LogP contribution is 2.41. The maximum Gasteiger partial charge on any atom is 0.417 e. The Hall–Kier alpha value is -2.14. The molecule has 0 spiro atoms. The van der Waals surface area contributed by atoms with E-state index in [0.29, 0.717) is 6.54 Å². The molecule has 0 aliphatic carbocycles. The Morgan fingerprint density at radius 1 is 1.04 bits per heavy atom. The molecule has 2 aromatic carbocycles. The lowest BCUT2D eigenvalue weighted by Gasteiger charge is -2.23. The number of carbonyl (C=O) groups is 2. The van der Waals surface area contributed by atoms with Gasteiger partial charge in [-0.05, 0) is 44.0 Å². The molecule has 2 aromatic rings. The van der Waals surface area contributed by atoms with Crippen molar-refractivity contribution in [3.05, 3.63) is 70.2 Å². The van der Waals surface area contributed by atoms with E-state index in [1.165, 1.54) is 4.90 Å². The number of nitrogens with zero attached hydrogens (tertiary/aromatic N) is 1. The zero-order valence-electron chi connectivity index (χ0n) is 15.1. The lowest BCUT2D eigenvalue weighted by molar-refractivity contribution is -0.128. The van der Waals surface area contributed by atoms with Crippen LogP contribution in [0.3, 0.4) is 0 Å². The van der Waals surface area contributed by atoms with Crippen molar-refractivity contribution in [2.75, 3.05) is 6.54 Å². The fraction of sp³-hybridized carbons (Fsp3) is 0.333. The highest BCUT2D eigenvalue weighted by Gasteiger charge is 2.45. The molecule has 3 rings (SSSR count). The van der Waals surface area contributed by atoms with Crippen molar-refractivity contribution in [2.24, 2.45) is 0 Å². The van der Waals surface area contributed by atoms with Gasteiger partial charge in [0.15, 0.2) is 0 Å². The number of rotatable bonds is 2. The van der Waals surface area contributed by atoms with Crippen LogP contribution in [-0.2, 0) is 9.53 Å². The van der Waals surface area contributed by atoms with Crippen molar-refractivity contribution in [1.29, 1.82) is 0 Å². The van der Waals surface area contributed by atoms with Crippen LogP contribution in [0, 0.1) is 0 Å². The van der Waals surface area contributed by atoms with Crippen molar-refractivity contribution in [1.82, 2.24) is 4.90 Å². The highest BCUT2D eigenvalue weighted by atomic mass is 79.9. The molecule has 136 valence electrons.